The van der Waals surface area contributed by atoms with Crippen molar-refractivity contribution in [3.8, 4) is 0 Å². The minimum atomic E-state index is 1.01. The molecule has 1 nitrogen and oxygen atoms in total. The van der Waals surface area contributed by atoms with Gasteiger partial charge >= 0.3 is 0 Å². The Morgan fingerprint density at radius 2 is 2.08 bits per heavy atom. The highest BCUT2D eigenvalue weighted by atomic mass is 14.8. The summed E-state index contributed by atoms with van der Waals surface area (Å²) in [5, 5.41) is 3.30. The van der Waals surface area contributed by atoms with E-state index in [-0.39, 0.29) is 0 Å². The van der Waals surface area contributed by atoms with Gasteiger partial charge in [-0.1, -0.05) is 30.3 Å². The molecule has 2 rings (SSSR count). The second-order valence-electron chi connectivity index (χ2n) is 2.97. The molecule has 0 bridgehead atoms. The van der Waals surface area contributed by atoms with Crippen LogP contribution in [0.5, 0.6) is 0 Å². The molecule has 0 atom stereocenters. The van der Waals surface area contributed by atoms with Crippen LogP contribution in [0.15, 0.2) is 30.3 Å². The van der Waals surface area contributed by atoms with E-state index in [2.05, 4.69) is 29.6 Å². The van der Waals surface area contributed by atoms with Crippen molar-refractivity contribution in [1.29, 1.82) is 0 Å². The summed E-state index contributed by atoms with van der Waals surface area (Å²) in [5.41, 5.74) is 2.80. The maximum Gasteiger partial charge on any atom is 0.0140 e. The smallest absolute Gasteiger partial charge is 0.0140 e. The molecule has 1 heterocycles. The molecular formula is C11H12N. The van der Waals surface area contributed by atoms with Crippen LogP contribution in [-0.4, -0.2) is 13.1 Å². The topological polar surface area (TPSA) is 12.0 Å². The first-order valence-electron chi connectivity index (χ1n) is 4.33. The highest BCUT2D eigenvalue weighted by Gasteiger charge is 2.03. The molecule has 0 unspecified atom stereocenters. The first-order valence-corrected chi connectivity index (χ1v) is 4.33. The van der Waals surface area contributed by atoms with Gasteiger partial charge in [-0.2, -0.15) is 0 Å². The van der Waals surface area contributed by atoms with Crippen LogP contribution in [0.4, 0.5) is 0 Å². The molecule has 1 N–H and O–H groups in total. The van der Waals surface area contributed by atoms with Crippen molar-refractivity contribution < 1.29 is 0 Å². The molecule has 12 heavy (non-hydrogen) atoms. The predicted molar refractivity (Wildman–Crippen MR) is 50.7 cm³/mol. The van der Waals surface area contributed by atoms with Gasteiger partial charge in [0, 0.05) is 6.54 Å². The third kappa shape index (κ3) is 1.56. The molecule has 0 saturated carbocycles. The van der Waals surface area contributed by atoms with Crippen LogP contribution in [-0.2, 0) is 0 Å². The van der Waals surface area contributed by atoms with Crippen molar-refractivity contribution in [3.63, 3.8) is 0 Å². The molecular weight excluding hydrogens is 146 g/mol. The molecule has 0 aromatic heterocycles. The van der Waals surface area contributed by atoms with Crippen molar-refractivity contribution >= 4 is 5.57 Å². The van der Waals surface area contributed by atoms with Crippen LogP contribution in [0.3, 0.4) is 0 Å². The Morgan fingerprint density at radius 1 is 1.25 bits per heavy atom. The fraction of sp³-hybridized carbons (Fsp3) is 0.273. The van der Waals surface area contributed by atoms with Crippen molar-refractivity contribution in [1.82, 2.24) is 5.32 Å². The first-order chi connectivity index (χ1) is 5.97. The van der Waals surface area contributed by atoms with Crippen LogP contribution in [0.1, 0.15) is 12.0 Å². The quantitative estimate of drug-likeness (QED) is 0.658. The summed E-state index contributed by atoms with van der Waals surface area (Å²) in [7, 11) is 0. The summed E-state index contributed by atoms with van der Waals surface area (Å²) in [6, 6.07) is 11.2. The molecule has 1 heteroatoms. The zero-order valence-electron chi connectivity index (χ0n) is 7.01. The number of benzene rings is 1. The van der Waals surface area contributed by atoms with E-state index in [4.69, 9.17) is 0 Å². The predicted octanol–water partition coefficient (Wildman–Crippen LogP) is 1.86. The van der Waals surface area contributed by atoms with Crippen molar-refractivity contribution in [3.05, 3.63) is 42.0 Å². The van der Waals surface area contributed by atoms with E-state index in [1.807, 2.05) is 12.1 Å². The second kappa shape index (κ2) is 3.55. The summed E-state index contributed by atoms with van der Waals surface area (Å²) >= 11 is 0. The third-order valence-corrected chi connectivity index (χ3v) is 2.15. The fourth-order valence-corrected chi connectivity index (χ4v) is 1.49. The van der Waals surface area contributed by atoms with E-state index in [1.54, 1.807) is 0 Å². The largest absolute Gasteiger partial charge is 0.313 e. The first kappa shape index (κ1) is 7.56. The van der Waals surface area contributed by atoms with E-state index in [0.717, 1.165) is 19.5 Å². The summed E-state index contributed by atoms with van der Waals surface area (Å²) in [6.45, 7) is 2.11. The average molecular weight is 158 g/mol. The number of nitrogens with one attached hydrogen (secondary N) is 1. The van der Waals surface area contributed by atoms with Gasteiger partial charge in [-0.05, 0) is 30.2 Å². The lowest BCUT2D eigenvalue weighted by molar-refractivity contribution is 0.738. The summed E-state index contributed by atoms with van der Waals surface area (Å²) in [6.07, 6.45) is 3.41. The minimum absolute atomic E-state index is 1.01. The molecule has 1 aliphatic heterocycles. The van der Waals surface area contributed by atoms with Gasteiger partial charge in [-0.25, -0.2) is 0 Å². The lowest BCUT2D eigenvalue weighted by Crippen LogP contribution is -2.19. The van der Waals surface area contributed by atoms with Crippen LogP contribution < -0.4 is 5.32 Å². The molecule has 1 aliphatic rings. The van der Waals surface area contributed by atoms with E-state index in [0.29, 0.717) is 0 Å². The van der Waals surface area contributed by atoms with E-state index in [1.165, 1.54) is 11.1 Å². The SMILES string of the molecule is [c]1ccc(C2=CCNCC2)cc1. The Balaban J connectivity index is 2.24. The molecule has 0 saturated heterocycles. The number of hydrogen-bond donors (Lipinski definition) is 1. The maximum atomic E-state index is 3.30. The molecule has 0 aliphatic carbocycles. The Hall–Kier alpha value is -1.08. The van der Waals surface area contributed by atoms with Gasteiger partial charge in [0.15, 0.2) is 0 Å². The maximum absolute atomic E-state index is 3.30. The number of rotatable bonds is 1. The molecule has 1 aromatic carbocycles. The van der Waals surface area contributed by atoms with E-state index in [9.17, 15) is 0 Å². The van der Waals surface area contributed by atoms with Gasteiger partial charge in [-0.15, -0.1) is 0 Å². The Morgan fingerprint density at radius 3 is 2.75 bits per heavy atom. The average Bonchev–Trinajstić information content (AvgIpc) is 2.21. The van der Waals surface area contributed by atoms with Gasteiger partial charge < -0.3 is 5.32 Å². The monoisotopic (exact) mass is 158 g/mol. The van der Waals surface area contributed by atoms with Crippen LogP contribution >= 0.6 is 0 Å². The van der Waals surface area contributed by atoms with Gasteiger partial charge in [0.25, 0.3) is 0 Å². The zero-order valence-corrected chi connectivity index (χ0v) is 7.01. The fourth-order valence-electron chi connectivity index (χ4n) is 1.49. The van der Waals surface area contributed by atoms with Crippen LogP contribution in [0.25, 0.3) is 5.57 Å². The van der Waals surface area contributed by atoms with Gasteiger partial charge in [0.05, 0.1) is 0 Å². The van der Waals surface area contributed by atoms with Crippen molar-refractivity contribution in [2.75, 3.05) is 13.1 Å². The Labute approximate surface area is 73.1 Å². The lowest BCUT2D eigenvalue weighted by Gasteiger charge is -2.13. The molecule has 0 fully saturated rings. The standard InChI is InChI=1S/C11H12N/c1-2-4-10(5-3-1)11-6-8-12-9-7-11/h2-6,12H,7-9H2. The third-order valence-electron chi connectivity index (χ3n) is 2.15. The summed E-state index contributed by atoms with van der Waals surface area (Å²) in [5.74, 6) is 0. The molecule has 1 aromatic rings. The van der Waals surface area contributed by atoms with Crippen LogP contribution in [0.2, 0.25) is 0 Å². The van der Waals surface area contributed by atoms with Gasteiger partial charge in [0.2, 0.25) is 0 Å². The highest BCUT2D eigenvalue weighted by Crippen LogP contribution is 2.18. The zero-order chi connectivity index (χ0) is 8.23. The van der Waals surface area contributed by atoms with Gasteiger partial charge in [0.1, 0.15) is 0 Å². The second-order valence-corrected chi connectivity index (χ2v) is 2.97. The molecule has 0 spiro atoms. The highest BCUT2D eigenvalue weighted by molar-refractivity contribution is 5.66. The van der Waals surface area contributed by atoms with Crippen molar-refractivity contribution in [2.45, 2.75) is 6.42 Å². The Kier molecular flexibility index (Phi) is 2.23. The summed E-state index contributed by atoms with van der Waals surface area (Å²) < 4.78 is 0. The molecule has 0 amide bonds. The summed E-state index contributed by atoms with van der Waals surface area (Å²) in [4.78, 5) is 0. The van der Waals surface area contributed by atoms with Crippen LogP contribution in [0, 0.1) is 6.07 Å². The molecule has 1 radical (unpaired) electrons. The lowest BCUT2D eigenvalue weighted by atomic mass is 10.0. The number of hydrogen-bond acceptors (Lipinski definition) is 1. The van der Waals surface area contributed by atoms with Crippen molar-refractivity contribution in [2.24, 2.45) is 0 Å². The van der Waals surface area contributed by atoms with E-state index < -0.39 is 0 Å². The normalized spacial score (nSPS) is 17.2. The van der Waals surface area contributed by atoms with Gasteiger partial charge in [-0.3, -0.25) is 0 Å². The van der Waals surface area contributed by atoms with E-state index >= 15 is 0 Å². The Bertz CT molecular complexity index is 274. The molecule has 61 valence electrons. The minimum Gasteiger partial charge on any atom is -0.313 e.